The maximum atomic E-state index is 2.31. The summed E-state index contributed by atoms with van der Waals surface area (Å²) >= 11 is 2.01. The van der Waals surface area contributed by atoms with Crippen molar-refractivity contribution in [3.05, 3.63) is 21.9 Å². The third-order valence-electron chi connectivity index (χ3n) is 2.27. The van der Waals surface area contributed by atoms with Gasteiger partial charge in [-0.3, -0.25) is 0 Å². The lowest BCUT2D eigenvalue weighted by molar-refractivity contribution is 0.803. The number of unbranched alkanes of at least 4 members (excludes halogenated alkanes) is 2. The summed E-state index contributed by atoms with van der Waals surface area (Å²) in [6, 6.07) is 4.62. The second-order valence-corrected chi connectivity index (χ2v) is 4.83. The van der Waals surface area contributed by atoms with Gasteiger partial charge in [-0.15, -0.1) is 11.3 Å². The quantitative estimate of drug-likeness (QED) is 0.631. The van der Waals surface area contributed by atoms with Gasteiger partial charge in [0, 0.05) is 9.75 Å². The van der Waals surface area contributed by atoms with E-state index in [1.807, 2.05) is 11.3 Å². The first-order valence-corrected chi connectivity index (χ1v) is 6.26. The molecule has 0 radical (unpaired) electrons. The number of hydrogen-bond acceptors (Lipinski definition) is 1. The molecule has 1 rings (SSSR count). The minimum absolute atomic E-state index is 1.29. The predicted octanol–water partition coefficient (Wildman–Crippen LogP) is 4.43. The summed E-state index contributed by atoms with van der Waals surface area (Å²) < 4.78 is 0. The number of hydrogen-bond donors (Lipinski definition) is 0. The van der Waals surface area contributed by atoms with Crippen LogP contribution in [0.5, 0.6) is 0 Å². The zero-order valence-corrected chi connectivity index (χ0v) is 9.62. The molecule has 0 fully saturated rings. The fourth-order valence-corrected chi connectivity index (χ4v) is 2.49. The Hall–Kier alpha value is -0.300. The fourth-order valence-electron chi connectivity index (χ4n) is 1.39. The van der Waals surface area contributed by atoms with Crippen LogP contribution in [0.2, 0.25) is 0 Å². The number of thiophene rings is 1. The van der Waals surface area contributed by atoms with Gasteiger partial charge in [-0.1, -0.05) is 26.7 Å². The van der Waals surface area contributed by atoms with Crippen LogP contribution in [-0.4, -0.2) is 0 Å². The molecule has 0 aromatic carbocycles. The van der Waals surface area contributed by atoms with Gasteiger partial charge in [0.1, 0.15) is 0 Å². The highest BCUT2D eigenvalue weighted by Gasteiger charge is 1.98. The average molecular weight is 196 g/mol. The standard InChI is InChI=1S/C12H20S/c1-3-5-7-11-9-10-12(13-11)8-6-4-2/h9-10H,3-8H2,1-2H3. The monoisotopic (exact) mass is 196 g/mol. The van der Waals surface area contributed by atoms with E-state index in [-0.39, 0.29) is 0 Å². The molecule has 1 heterocycles. The summed E-state index contributed by atoms with van der Waals surface area (Å²) in [5.41, 5.74) is 0. The molecule has 0 spiro atoms. The van der Waals surface area contributed by atoms with E-state index in [0.29, 0.717) is 0 Å². The number of rotatable bonds is 6. The Labute approximate surface area is 86.0 Å². The van der Waals surface area contributed by atoms with Crippen LogP contribution in [0.4, 0.5) is 0 Å². The van der Waals surface area contributed by atoms with Gasteiger partial charge < -0.3 is 0 Å². The van der Waals surface area contributed by atoms with E-state index < -0.39 is 0 Å². The second-order valence-electron chi connectivity index (χ2n) is 3.58. The second kappa shape index (κ2) is 6.20. The molecule has 1 heteroatoms. The molecule has 0 nitrogen and oxygen atoms in total. The van der Waals surface area contributed by atoms with E-state index in [0.717, 1.165) is 0 Å². The summed E-state index contributed by atoms with van der Waals surface area (Å²) in [4.78, 5) is 3.15. The van der Waals surface area contributed by atoms with Crippen molar-refractivity contribution in [2.24, 2.45) is 0 Å². The molecule has 0 bridgehead atoms. The lowest BCUT2D eigenvalue weighted by Gasteiger charge is -1.94. The molecule has 1 aromatic rings. The molecule has 0 saturated carbocycles. The molecule has 1 aromatic heterocycles. The predicted molar refractivity (Wildman–Crippen MR) is 61.5 cm³/mol. The summed E-state index contributed by atoms with van der Waals surface area (Å²) in [6.45, 7) is 4.51. The van der Waals surface area contributed by atoms with Gasteiger partial charge in [0.2, 0.25) is 0 Å². The summed E-state index contributed by atoms with van der Waals surface area (Å²) in [5.74, 6) is 0. The Morgan fingerprint density at radius 1 is 0.923 bits per heavy atom. The van der Waals surface area contributed by atoms with Gasteiger partial charge in [-0.2, -0.15) is 0 Å². The first-order valence-electron chi connectivity index (χ1n) is 5.44. The largest absolute Gasteiger partial charge is 0.145 e. The van der Waals surface area contributed by atoms with Crippen LogP contribution in [0.25, 0.3) is 0 Å². The maximum Gasteiger partial charge on any atom is 0.00481 e. The zero-order chi connectivity index (χ0) is 9.52. The molecule has 0 unspecified atom stereocenters. The molecule has 0 aliphatic heterocycles. The van der Waals surface area contributed by atoms with E-state index >= 15 is 0 Å². The van der Waals surface area contributed by atoms with Gasteiger partial charge >= 0.3 is 0 Å². The molecule has 0 amide bonds. The highest BCUT2D eigenvalue weighted by atomic mass is 32.1. The Balaban J connectivity index is 2.34. The van der Waals surface area contributed by atoms with Crippen molar-refractivity contribution in [1.82, 2.24) is 0 Å². The highest BCUT2D eigenvalue weighted by Crippen LogP contribution is 2.20. The van der Waals surface area contributed by atoms with Gasteiger partial charge in [-0.25, -0.2) is 0 Å². The van der Waals surface area contributed by atoms with E-state index in [1.165, 1.54) is 38.5 Å². The van der Waals surface area contributed by atoms with Crippen LogP contribution in [0, 0.1) is 0 Å². The van der Waals surface area contributed by atoms with Crippen molar-refractivity contribution in [3.8, 4) is 0 Å². The van der Waals surface area contributed by atoms with E-state index in [1.54, 1.807) is 9.75 Å². The van der Waals surface area contributed by atoms with Crippen molar-refractivity contribution < 1.29 is 0 Å². The SMILES string of the molecule is CCCCc1ccc(CCCC)s1. The van der Waals surface area contributed by atoms with Crippen LogP contribution in [0.3, 0.4) is 0 Å². The van der Waals surface area contributed by atoms with Gasteiger partial charge in [0.15, 0.2) is 0 Å². The zero-order valence-electron chi connectivity index (χ0n) is 8.81. The van der Waals surface area contributed by atoms with Crippen molar-refractivity contribution in [3.63, 3.8) is 0 Å². The van der Waals surface area contributed by atoms with Crippen LogP contribution >= 0.6 is 11.3 Å². The Morgan fingerprint density at radius 3 is 1.77 bits per heavy atom. The van der Waals surface area contributed by atoms with Crippen LogP contribution in [-0.2, 0) is 12.8 Å². The first kappa shape index (κ1) is 10.8. The van der Waals surface area contributed by atoms with Gasteiger partial charge in [0.25, 0.3) is 0 Å². The van der Waals surface area contributed by atoms with E-state index in [9.17, 15) is 0 Å². The molecular formula is C12H20S. The highest BCUT2D eigenvalue weighted by molar-refractivity contribution is 7.11. The molecule has 13 heavy (non-hydrogen) atoms. The minimum Gasteiger partial charge on any atom is -0.145 e. The Morgan fingerprint density at radius 2 is 1.38 bits per heavy atom. The minimum atomic E-state index is 1.29. The van der Waals surface area contributed by atoms with Gasteiger partial charge in [0.05, 0.1) is 0 Å². The molecule has 0 N–H and O–H groups in total. The van der Waals surface area contributed by atoms with Crippen molar-refractivity contribution in [2.75, 3.05) is 0 Å². The third-order valence-corrected chi connectivity index (χ3v) is 3.48. The lowest BCUT2D eigenvalue weighted by atomic mass is 10.2. The average Bonchev–Trinajstić information content (AvgIpc) is 2.59. The van der Waals surface area contributed by atoms with E-state index in [4.69, 9.17) is 0 Å². The maximum absolute atomic E-state index is 2.31. The number of aryl methyl sites for hydroxylation is 2. The fraction of sp³-hybridized carbons (Fsp3) is 0.667. The van der Waals surface area contributed by atoms with E-state index in [2.05, 4.69) is 26.0 Å². The van der Waals surface area contributed by atoms with Crippen molar-refractivity contribution in [2.45, 2.75) is 52.4 Å². The first-order chi connectivity index (χ1) is 6.36. The Bertz CT molecular complexity index is 202. The molecule has 0 aliphatic carbocycles. The van der Waals surface area contributed by atoms with Crippen molar-refractivity contribution >= 4 is 11.3 Å². The van der Waals surface area contributed by atoms with Crippen LogP contribution < -0.4 is 0 Å². The topological polar surface area (TPSA) is 0 Å². The summed E-state index contributed by atoms with van der Waals surface area (Å²) in [6.07, 6.45) is 7.87. The van der Waals surface area contributed by atoms with Gasteiger partial charge in [-0.05, 0) is 37.8 Å². The summed E-state index contributed by atoms with van der Waals surface area (Å²) in [5, 5.41) is 0. The van der Waals surface area contributed by atoms with Crippen LogP contribution in [0.15, 0.2) is 12.1 Å². The molecule has 74 valence electrons. The van der Waals surface area contributed by atoms with Crippen molar-refractivity contribution in [1.29, 1.82) is 0 Å². The lowest BCUT2D eigenvalue weighted by Crippen LogP contribution is -1.78. The summed E-state index contributed by atoms with van der Waals surface area (Å²) in [7, 11) is 0. The molecular weight excluding hydrogens is 176 g/mol. The normalized spacial score (nSPS) is 10.6. The van der Waals surface area contributed by atoms with Crippen LogP contribution in [0.1, 0.15) is 49.3 Å². The third kappa shape index (κ3) is 3.95. The molecule has 0 atom stereocenters. The molecule has 0 saturated heterocycles. The molecule has 0 aliphatic rings. The Kier molecular flexibility index (Phi) is 5.14. The smallest absolute Gasteiger partial charge is 0.00481 e.